The maximum Gasteiger partial charge on any atom is 0.303 e. The molecule has 200 valence electrons. The Labute approximate surface area is 201 Å². The van der Waals surface area contributed by atoms with Crippen LogP contribution in [0.25, 0.3) is 0 Å². The van der Waals surface area contributed by atoms with Gasteiger partial charge in [-0.2, -0.15) is 0 Å². The summed E-state index contributed by atoms with van der Waals surface area (Å²) in [5.74, 6) is -6.14. The van der Waals surface area contributed by atoms with E-state index in [1.54, 1.807) is 0 Å². The Morgan fingerprint density at radius 3 is 2.09 bits per heavy atom. The average Bonchev–Trinajstić information content (AvgIpc) is 2.80. The summed E-state index contributed by atoms with van der Waals surface area (Å²) in [6.45, 7) is 1.58. The molecule has 7 atom stereocenters. The number of carboxylic acids is 1. The van der Waals surface area contributed by atoms with Gasteiger partial charge in [-0.05, 0) is 12.8 Å². The first-order valence-electron chi connectivity index (χ1n) is 10.7. The number of carbonyl (C=O) groups excluding carboxylic acids is 5. The molecule has 0 saturated heterocycles. The maximum absolute atomic E-state index is 12.9. The number of ether oxygens (including phenoxy) is 1. The van der Waals surface area contributed by atoms with E-state index in [9.17, 15) is 44.1 Å². The number of amides is 4. The van der Waals surface area contributed by atoms with Crippen molar-refractivity contribution in [2.24, 2.45) is 11.7 Å². The van der Waals surface area contributed by atoms with E-state index in [-0.39, 0.29) is 19.1 Å². The molecule has 0 aromatic rings. The van der Waals surface area contributed by atoms with E-state index in [0.717, 1.165) is 6.92 Å². The van der Waals surface area contributed by atoms with E-state index in [0.29, 0.717) is 0 Å². The monoisotopic (exact) mass is 506 g/mol. The van der Waals surface area contributed by atoms with E-state index >= 15 is 0 Å². The molecule has 0 aromatic carbocycles. The van der Waals surface area contributed by atoms with Crippen LogP contribution < -0.4 is 21.7 Å². The van der Waals surface area contributed by atoms with Gasteiger partial charge in [0.15, 0.2) is 0 Å². The highest BCUT2D eigenvalue weighted by Gasteiger charge is 2.42. The summed E-state index contributed by atoms with van der Waals surface area (Å²) in [7, 11) is 1.21. The second kappa shape index (κ2) is 15.7. The first-order chi connectivity index (χ1) is 16.3. The van der Waals surface area contributed by atoms with Gasteiger partial charge in [0.2, 0.25) is 23.6 Å². The number of aliphatic carboxylic acids is 1. The molecule has 9 N–H and O–H groups in total. The number of likely N-dealkylation sites (N-methyl/N-ethyl adjacent to an activating group) is 1. The maximum atomic E-state index is 12.9. The first kappa shape index (κ1) is 31.9. The van der Waals surface area contributed by atoms with E-state index < -0.39 is 85.0 Å². The Morgan fingerprint density at radius 2 is 1.69 bits per heavy atom. The number of primary amides is 1. The van der Waals surface area contributed by atoms with Crippen molar-refractivity contribution in [2.45, 2.75) is 69.6 Å². The molecule has 0 aliphatic rings. The minimum Gasteiger partial charge on any atom is -0.481 e. The Morgan fingerprint density at radius 1 is 1.09 bits per heavy atom. The number of carbonyl (C=O) groups is 6. The number of aliphatic hydroxyl groups excluding tert-OH is 3. The number of hydrogen-bond acceptors (Lipinski definition) is 10. The summed E-state index contributed by atoms with van der Waals surface area (Å²) >= 11 is 0. The molecule has 0 bridgehead atoms. The number of nitrogens with two attached hydrogens (primary N) is 1. The number of hydrogen-bond donors (Lipinski definition) is 8. The van der Waals surface area contributed by atoms with Crippen molar-refractivity contribution in [1.82, 2.24) is 16.0 Å². The van der Waals surface area contributed by atoms with E-state index in [2.05, 4.69) is 16.0 Å². The Bertz CT molecular complexity index is 763. The van der Waals surface area contributed by atoms with Gasteiger partial charge in [0.1, 0.15) is 42.8 Å². The molecule has 4 amide bonds. The van der Waals surface area contributed by atoms with E-state index in [1.165, 1.54) is 14.0 Å². The van der Waals surface area contributed by atoms with Gasteiger partial charge in [0, 0.05) is 20.4 Å². The molecule has 0 aromatic heterocycles. The Balaban J connectivity index is 6.14. The normalized spacial score (nSPS) is 17.0. The van der Waals surface area contributed by atoms with Crippen LogP contribution in [0.2, 0.25) is 0 Å². The highest BCUT2D eigenvalue weighted by Crippen LogP contribution is 2.20. The predicted octanol–water partition coefficient (Wildman–Crippen LogP) is -4.23. The van der Waals surface area contributed by atoms with Gasteiger partial charge in [-0.25, -0.2) is 0 Å². The molecule has 0 aliphatic heterocycles. The molecule has 0 aliphatic carbocycles. The lowest BCUT2D eigenvalue weighted by atomic mass is 9.94. The number of carboxylic acid groups (broad SMARTS) is 1. The lowest BCUT2D eigenvalue weighted by Crippen LogP contribution is -2.59. The van der Waals surface area contributed by atoms with Gasteiger partial charge >= 0.3 is 5.97 Å². The number of aliphatic hydroxyl groups is 3. The van der Waals surface area contributed by atoms with Crippen LogP contribution >= 0.6 is 0 Å². The SMILES string of the molecule is CCC(C(=O)NC(CCC(=O)O)C(N)=O)C(O[C@@H]([C@H](O)[C@H](O)CO)[C@H](C=O)NC(C)=O)C(=O)NC. The molecule has 0 fully saturated rings. The molecular formula is C20H34N4O11. The Hall–Kier alpha value is -3.14. The summed E-state index contributed by atoms with van der Waals surface area (Å²) < 4.78 is 5.61. The van der Waals surface area contributed by atoms with Crippen LogP contribution in [-0.2, 0) is 33.5 Å². The molecule has 0 rings (SSSR count). The quantitative estimate of drug-likeness (QED) is 0.0877. The van der Waals surface area contributed by atoms with Gasteiger partial charge in [-0.3, -0.25) is 24.0 Å². The summed E-state index contributed by atoms with van der Waals surface area (Å²) in [6.07, 6.45) is -8.04. The third-order valence-corrected chi connectivity index (χ3v) is 5.05. The third-order valence-electron chi connectivity index (χ3n) is 5.05. The minimum atomic E-state index is -1.98. The zero-order valence-corrected chi connectivity index (χ0v) is 19.7. The lowest BCUT2D eigenvalue weighted by Gasteiger charge is -2.35. The molecule has 0 heterocycles. The topological polar surface area (TPSA) is 255 Å². The van der Waals surface area contributed by atoms with Gasteiger partial charge in [0.25, 0.3) is 0 Å². The molecule has 0 spiro atoms. The summed E-state index contributed by atoms with van der Waals surface area (Å²) in [5, 5.41) is 45.0. The molecule has 0 radical (unpaired) electrons. The number of nitrogens with one attached hydrogen (secondary N) is 3. The van der Waals surface area contributed by atoms with Crippen LogP contribution in [-0.4, -0.2) is 106 Å². The van der Waals surface area contributed by atoms with Crippen LogP contribution in [0.1, 0.15) is 33.1 Å². The van der Waals surface area contributed by atoms with Crippen LogP contribution in [0.5, 0.6) is 0 Å². The van der Waals surface area contributed by atoms with Gasteiger partial charge in [0.05, 0.1) is 12.5 Å². The zero-order valence-electron chi connectivity index (χ0n) is 19.7. The van der Waals surface area contributed by atoms with Crippen molar-refractivity contribution >= 4 is 35.9 Å². The number of aldehydes is 1. The molecule has 15 heteroatoms. The van der Waals surface area contributed by atoms with Crippen molar-refractivity contribution in [1.29, 1.82) is 0 Å². The molecule has 35 heavy (non-hydrogen) atoms. The van der Waals surface area contributed by atoms with Gasteiger partial charge < -0.3 is 51.6 Å². The van der Waals surface area contributed by atoms with Crippen LogP contribution in [0.15, 0.2) is 0 Å². The zero-order chi connectivity index (χ0) is 27.3. The van der Waals surface area contributed by atoms with Gasteiger partial charge in [-0.15, -0.1) is 0 Å². The lowest BCUT2D eigenvalue weighted by molar-refractivity contribution is -0.169. The summed E-state index contributed by atoms with van der Waals surface area (Å²) in [4.78, 5) is 71.2. The standard InChI is InChI=1S/C20H34N4O11/c1-4-10(19(33)24-11(18(21)32)5-6-14(29)30)16(20(34)22-3)35-17(15(31)13(28)8-26)12(7-25)23-9(2)27/h7,10-13,15-17,26,28,31H,4-6,8H2,1-3H3,(H2,21,32)(H,22,34)(H,23,27)(H,24,33)(H,29,30)/t10?,11?,12-,13+,15+,16?,17+/m0/s1. The molecule has 3 unspecified atom stereocenters. The first-order valence-corrected chi connectivity index (χ1v) is 10.7. The summed E-state index contributed by atoms with van der Waals surface area (Å²) in [6, 6.07) is -2.97. The van der Waals surface area contributed by atoms with Crippen molar-refractivity contribution in [3.63, 3.8) is 0 Å². The average molecular weight is 507 g/mol. The third kappa shape index (κ3) is 10.3. The fourth-order valence-electron chi connectivity index (χ4n) is 3.15. The smallest absolute Gasteiger partial charge is 0.303 e. The number of rotatable bonds is 17. The van der Waals surface area contributed by atoms with Gasteiger partial charge in [-0.1, -0.05) is 6.92 Å². The fraction of sp³-hybridized carbons (Fsp3) is 0.700. The molecular weight excluding hydrogens is 472 g/mol. The van der Waals surface area contributed by atoms with E-state index in [1.807, 2.05) is 0 Å². The van der Waals surface area contributed by atoms with E-state index in [4.69, 9.17) is 15.6 Å². The largest absolute Gasteiger partial charge is 0.481 e. The highest BCUT2D eigenvalue weighted by atomic mass is 16.5. The van der Waals surface area contributed by atoms with Crippen molar-refractivity contribution in [3.8, 4) is 0 Å². The van der Waals surface area contributed by atoms with Crippen molar-refractivity contribution in [2.75, 3.05) is 13.7 Å². The molecule has 15 nitrogen and oxygen atoms in total. The predicted molar refractivity (Wildman–Crippen MR) is 117 cm³/mol. The van der Waals surface area contributed by atoms with Crippen LogP contribution in [0.4, 0.5) is 0 Å². The van der Waals surface area contributed by atoms with Crippen LogP contribution in [0, 0.1) is 5.92 Å². The molecule has 0 saturated carbocycles. The van der Waals surface area contributed by atoms with Crippen LogP contribution in [0.3, 0.4) is 0 Å². The fourth-order valence-corrected chi connectivity index (χ4v) is 3.15. The minimum absolute atomic E-state index is 0.0778. The second-order valence-electron chi connectivity index (χ2n) is 7.65. The summed E-state index contributed by atoms with van der Waals surface area (Å²) in [5.41, 5.74) is 5.23. The second-order valence-corrected chi connectivity index (χ2v) is 7.65. The Kier molecular flexibility index (Phi) is 14.3. The van der Waals surface area contributed by atoms with Crippen molar-refractivity contribution in [3.05, 3.63) is 0 Å². The highest BCUT2D eigenvalue weighted by molar-refractivity contribution is 5.92. The van der Waals surface area contributed by atoms with Crippen molar-refractivity contribution < 1.29 is 53.9 Å².